The number of carbonyl (C=O) groups excluding carboxylic acids is 3. The predicted molar refractivity (Wildman–Crippen MR) is 288 cm³/mol. The lowest BCUT2D eigenvalue weighted by molar-refractivity contribution is -0.167. The zero-order valence-corrected chi connectivity index (χ0v) is 44.4. The average molecular weight is 938 g/mol. The van der Waals surface area contributed by atoms with Crippen molar-refractivity contribution in [2.45, 2.75) is 297 Å². The van der Waals surface area contributed by atoms with Crippen LogP contribution in [-0.4, -0.2) is 37.2 Å². The number of ether oxygens (including phenoxy) is 3. The normalized spacial score (nSPS) is 12.5. The van der Waals surface area contributed by atoms with Crippen molar-refractivity contribution < 1.29 is 28.6 Å². The van der Waals surface area contributed by atoms with E-state index in [9.17, 15) is 14.4 Å². The lowest BCUT2D eigenvalue weighted by atomic mass is 10.0. The van der Waals surface area contributed by atoms with Crippen LogP contribution in [0.5, 0.6) is 0 Å². The first-order valence-electron chi connectivity index (χ1n) is 28.8. The Hall–Kier alpha value is -2.89. The van der Waals surface area contributed by atoms with E-state index < -0.39 is 6.10 Å². The molecule has 0 heterocycles. The molecule has 0 amide bonds. The van der Waals surface area contributed by atoms with Gasteiger partial charge in [0.25, 0.3) is 0 Å². The fourth-order valence-electron chi connectivity index (χ4n) is 8.19. The molecule has 0 aliphatic rings. The fraction of sp³-hybridized carbons (Fsp3) is 0.787. The minimum absolute atomic E-state index is 0.0896. The van der Waals surface area contributed by atoms with Crippen LogP contribution in [0.1, 0.15) is 290 Å². The molecule has 0 N–H and O–H groups in total. The van der Waals surface area contributed by atoms with Crippen LogP contribution in [0.2, 0.25) is 0 Å². The van der Waals surface area contributed by atoms with E-state index >= 15 is 0 Å². The van der Waals surface area contributed by atoms with E-state index in [1.54, 1.807) is 0 Å². The summed E-state index contributed by atoms with van der Waals surface area (Å²) in [7, 11) is 0. The third kappa shape index (κ3) is 53.9. The van der Waals surface area contributed by atoms with Crippen LogP contribution < -0.4 is 0 Å². The first-order chi connectivity index (χ1) is 33.0. The van der Waals surface area contributed by atoms with Crippen LogP contribution in [0.15, 0.2) is 60.8 Å². The summed E-state index contributed by atoms with van der Waals surface area (Å²) in [6.45, 7) is 6.51. The molecule has 0 aromatic carbocycles. The third-order valence-corrected chi connectivity index (χ3v) is 12.5. The number of esters is 3. The second-order valence-corrected chi connectivity index (χ2v) is 19.2. The first kappa shape index (κ1) is 64.1. The zero-order valence-electron chi connectivity index (χ0n) is 44.4. The summed E-state index contributed by atoms with van der Waals surface area (Å²) in [5.74, 6) is -0.924. The Bertz CT molecular complexity index is 1210. The molecule has 0 aromatic rings. The maximum atomic E-state index is 12.8. The molecule has 0 aliphatic heterocycles. The summed E-state index contributed by atoms with van der Waals surface area (Å²) < 4.78 is 16.8. The van der Waals surface area contributed by atoms with Gasteiger partial charge in [0.1, 0.15) is 13.2 Å². The highest BCUT2D eigenvalue weighted by Crippen LogP contribution is 2.16. The molecule has 0 aromatic heterocycles. The molecule has 0 unspecified atom stereocenters. The molecule has 6 heteroatoms. The van der Waals surface area contributed by atoms with Gasteiger partial charge in [-0.1, -0.05) is 248 Å². The maximum absolute atomic E-state index is 12.8. The van der Waals surface area contributed by atoms with Gasteiger partial charge in [0, 0.05) is 19.3 Å². The first-order valence-corrected chi connectivity index (χ1v) is 28.8. The van der Waals surface area contributed by atoms with E-state index in [4.69, 9.17) is 14.2 Å². The molecule has 0 fully saturated rings. The highest BCUT2D eigenvalue weighted by Gasteiger charge is 2.19. The van der Waals surface area contributed by atoms with E-state index in [1.165, 1.54) is 167 Å². The summed E-state index contributed by atoms with van der Waals surface area (Å²) in [4.78, 5) is 38.1. The maximum Gasteiger partial charge on any atom is 0.306 e. The van der Waals surface area contributed by atoms with E-state index in [0.717, 1.165) is 77.0 Å². The van der Waals surface area contributed by atoms with E-state index in [1.807, 2.05) is 0 Å². The summed E-state index contributed by atoms with van der Waals surface area (Å²) >= 11 is 0. The van der Waals surface area contributed by atoms with Crippen LogP contribution in [0, 0.1) is 0 Å². The van der Waals surface area contributed by atoms with Crippen LogP contribution in [0.4, 0.5) is 0 Å². The summed E-state index contributed by atoms with van der Waals surface area (Å²) in [5.41, 5.74) is 0. The highest BCUT2D eigenvalue weighted by molar-refractivity contribution is 5.71. The zero-order chi connectivity index (χ0) is 48.6. The van der Waals surface area contributed by atoms with Gasteiger partial charge in [-0.05, 0) is 83.5 Å². The van der Waals surface area contributed by atoms with Crippen molar-refractivity contribution in [1.82, 2.24) is 0 Å². The van der Waals surface area contributed by atoms with Gasteiger partial charge in [-0.15, -0.1) is 0 Å². The molecule has 0 saturated carbocycles. The molecule has 388 valence electrons. The molecular formula is C61H108O6. The highest BCUT2D eigenvalue weighted by atomic mass is 16.6. The number of rotatable bonds is 52. The molecule has 0 aliphatic carbocycles. The van der Waals surface area contributed by atoms with E-state index in [-0.39, 0.29) is 37.5 Å². The van der Waals surface area contributed by atoms with Crippen LogP contribution in [0.25, 0.3) is 0 Å². The van der Waals surface area contributed by atoms with Crippen molar-refractivity contribution in [3.8, 4) is 0 Å². The van der Waals surface area contributed by atoms with Crippen LogP contribution >= 0.6 is 0 Å². The number of hydrogen-bond donors (Lipinski definition) is 0. The van der Waals surface area contributed by atoms with Crippen molar-refractivity contribution in [1.29, 1.82) is 0 Å². The lowest BCUT2D eigenvalue weighted by Gasteiger charge is -2.18. The molecule has 67 heavy (non-hydrogen) atoms. The average Bonchev–Trinajstić information content (AvgIpc) is 3.33. The predicted octanol–water partition coefficient (Wildman–Crippen LogP) is 19.2. The quantitative estimate of drug-likeness (QED) is 0.0262. The third-order valence-electron chi connectivity index (χ3n) is 12.5. The molecule has 0 rings (SSSR count). The molecule has 0 saturated heterocycles. The van der Waals surface area contributed by atoms with Crippen molar-refractivity contribution in [2.75, 3.05) is 13.2 Å². The Kier molecular flexibility index (Phi) is 53.3. The van der Waals surface area contributed by atoms with Gasteiger partial charge in [0.2, 0.25) is 0 Å². The van der Waals surface area contributed by atoms with Gasteiger partial charge >= 0.3 is 17.9 Å². The number of allylic oxidation sites excluding steroid dienone is 10. The Morgan fingerprint density at radius 3 is 0.955 bits per heavy atom. The molecular weight excluding hydrogens is 829 g/mol. The van der Waals surface area contributed by atoms with Gasteiger partial charge in [0.15, 0.2) is 6.10 Å². The molecule has 6 nitrogen and oxygen atoms in total. The van der Waals surface area contributed by atoms with Gasteiger partial charge in [-0.25, -0.2) is 0 Å². The van der Waals surface area contributed by atoms with Crippen LogP contribution in [-0.2, 0) is 28.6 Å². The minimum Gasteiger partial charge on any atom is -0.462 e. The Morgan fingerprint density at radius 1 is 0.313 bits per heavy atom. The van der Waals surface area contributed by atoms with Gasteiger partial charge < -0.3 is 14.2 Å². The Balaban J connectivity index is 4.40. The smallest absolute Gasteiger partial charge is 0.306 e. The molecule has 0 radical (unpaired) electrons. The fourth-order valence-corrected chi connectivity index (χ4v) is 8.19. The molecule has 0 bridgehead atoms. The van der Waals surface area contributed by atoms with Gasteiger partial charge in [0.05, 0.1) is 0 Å². The second kappa shape index (κ2) is 55.7. The second-order valence-electron chi connectivity index (χ2n) is 19.2. The monoisotopic (exact) mass is 937 g/mol. The lowest BCUT2D eigenvalue weighted by Crippen LogP contribution is -2.30. The Morgan fingerprint density at radius 2 is 0.582 bits per heavy atom. The molecule has 1 atom stereocenters. The minimum atomic E-state index is -0.796. The Labute approximate surface area is 415 Å². The molecule has 0 spiro atoms. The largest absolute Gasteiger partial charge is 0.462 e. The van der Waals surface area contributed by atoms with Crippen LogP contribution in [0.3, 0.4) is 0 Å². The van der Waals surface area contributed by atoms with E-state index in [0.29, 0.717) is 19.3 Å². The number of unbranched alkanes of at least 4 members (excludes halogenated alkanes) is 31. The standard InChI is InChI=1S/C61H108O6/c1-4-7-10-13-16-19-22-25-28-30-33-35-38-41-44-47-50-53-59(62)65-56-58(67-61(64)55-52-49-46-43-40-37-32-27-24-21-18-15-12-9-6-3)57-66-60(63)54-51-48-45-42-39-36-34-31-29-26-23-20-17-14-11-8-5-2/h9,12,18,21,25,27-28,32,40,43,58H,4-8,10-11,13-17,19-20,22-24,26,29-31,33-39,41-42,44-57H2,1-3H3/b12-9-,21-18-,28-25-,32-27-,43-40-/t58-/m1/s1. The summed E-state index contributed by atoms with van der Waals surface area (Å²) in [6, 6.07) is 0. The van der Waals surface area contributed by atoms with Gasteiger partial charge in [-0.3, -0.25) is 14.4 Å². The van der Waals surface area contributed by atoms with Crippen molar-refractivity contribution >= 4 is 17.9 Å². The van der Waals surface area contributed by atoms with Crippen molar-refractivity contribution in [3.63, 3.8) is 0 Å². The topological polar surface area (TPSA) is 78.9 Å². The van der Waals surface area contributed by atoms with Crippen molar-refractivity contribution in [2.24, 2.45) is 0 Å². The number of hydrogen-bond acceptors (Lipinski definition) is 6. The summed E-state index contributed by atoms with van der Waals surface area (Å²) in [5, 5.41) is 0. The summed E-state index contributed by atoms with van der Waals surface area (Å²) in [6.07, 6.45) is 69.3. The SMILES string of the molecule is CC/C=C\C/C=C\C/C=C\C/C=C\CCCCC(=O)O[C@H](COC(=O)CCCCCCCCC/C=C\CCCCCCCC)COC(=O)CCCCCCCCCCCCCCCCCCC. The van der Waals surface area contributed by atoms with Gasteiger partial charge in [-0.2, -0.15) is 0 Å². The van der Waals surface area contributed by atoms with Crippen molar-refractivity contribution in [3.05, 3.63) is 60.8 Å². The van der Waals surface area contributed by atoms with E-state index in [2.05, 4.69) is 81.5 Å². The number of carbonyl (C=O) groups is 3.